The number of likely N-dealkylation sites (tertiary alicyclic amines) is 1. The highest BCUT2D eigenvalue weighted by Crippen LogP contribution is 2.41. The summed E-state index contributed by atoms with van der Waals surface area (Å²) in [6, 6.07) is 7.53. The van der Waals surface area contributed by atoms with Gasteiger partial charge in [0, 0.05) is 13.6 Å². The van der Waals surface area contributed by atoms with Crippen LogP contribution in [0.15, 0.2) is 36.4 Å². The van der Waals surface area contributed by atoms with Crippen LogP contribution in [0.4, 0.5) is 19.1 Å². The molecule has 1 aromatic heterocycles. The maximum Gasteiger partial charge on any atom is 0.404 e. The molecule has 0 bridgehead atoms. The highest BCUT2D eigenvalue weighted by Gasteiger charge is 2.49. The molecule has 1 fully saturated rings. The lowest BCUT2D eigenvalue weighted by Crippen LogP contribution is -2.54. The highest BCUT2D eigenvalue weighted by molar-refractivity contribution is 6.29. The number of hydrogen-bond donors (Lipinski definition) is 2. The zero-order valence-corrected chi connectivity index (χ0v) is 16.4. The first-order chi connectivity index (χ1) is 13.7. The Kier molecular flexibility index (Phi) is 6.28. The molecule has 0 aliphatic carbocycles. The second kappa shape index (κ2) is 8.54. The second-order valence-corrected chi connectivity index (χ2v) is 7.32. The van der Waals surface area contributed by atoms with Crippen LogP contribution < -0.4 is 11.1 Å². The maximum atomic E-state index is 13.9. The van der Waals surface area contributed by atoms with E-state index in [0.717, 1.165) is 0 Å². The van der Waals surface area contributed by atoms with Crippen LogP contribution in [0.3, 0.4) is 0 Å². The van der Waals surface area contributed by atoms with Gasteiger partial charge < -0.3 is 11.1 Å². The van der Waals surface area contributed by atoms with E-state index in [4.69, 9.17) is 17.3 Å². The summed E-state index contributed by atoms with van der Waals surface area (Å²) in [4.78, 5) is 21.4. The molecule has 1 aliphatic rings. The van der Waals surface area contributed by atoms with E-state index in [9.17, 15) is 18.0 Å². The van der Waals surface area contributed by atoms with Gasteiger partial charge in [0.15, 0.2) is 0 Å². The molecular formula is C19H21ClF3N5O. The van der Waals surface area contributed by atoms with E-state index in [2.05, 4.69) is 15.3 Å². The number of primary amides is 1. The third-order valence-corrected chi connectivity index (χ3v) is 5.26. The van der Waals surface area contributed by atoms with Crippen LogP contribution in [-0.4, -0.2) is 46.6 Å². The van der Waals surface area contributed by atoms with E-state index in [-0.39, 0.29) is 30.5 Å². The highest BCUT2D eigenvalue weighted by atomic mass is 35.5. The molecule has 156 valence electrons. The number of rotatable bonds is 5. The molecule has 1 aliphatic heterocycles. The summed E-state index contributed by atoms with van der Waals surface area (Å²) in [5, 5.41) is 2.87. The minimum atomic E-state index is -4.47. The molecule has 6 nitrogen and oxygen atoms in total. The number of benzene rings is 1. The zero-order valence-electron chi connectivity index (χ0n) is 15.7. The first-order valence-electron chi connectivity index (χ1n) is 9.09. The molecule has 3 N–H and O–H groups in total. The molecule has 29 heavy (non-hydrogen) atoms. The van der Waals surface area contributed by atoms with Gasteiger partial charge in [0.05, 0.1) is 17.7 Å². The average Bonchev–Trinajstić information content (AvgIpc) is 2.67. The summed E-state index contributed by atoms with van der Waals surface area (Å²) in [5.74, 6) is -1.10. The summed E-state index contributed by atoms with van der Waals surface area (Å²) >= 11 is 6.10. The van der Waals surface area contributed by atoms with Crippen molar-refractivity contribution in [1.82, 2.24) is 14.9 Å². The van der Waals surface area contributed by atoms with Crippen LogP contribution in [0, 0.1) is 5.92 Å². The number of piperidine rings is 1. The minimum Gasteiger partial charge on any atom is -0.369 e. The van der Waals surface area contributed by atoms with Crippen LogP contribution in [0.1, 0.15) is 30.1 Å². The van der Waals surface area contributed by atoms with Gasteiger partial charge in [0.25, 0.3) is 0 Å². The molecule has 1 aromatic carbocycles. The second-order valence-electron chi connectivity index (χ2n) is 6.93. The number of nitrogens with zero attached hydrogens (tertiary/aromatic N) is 3. The van der Waals surface area contributed by atoms with Gasteiger partial charge >= 0.3 is 6.18 Å². The number of carbonyl (C=O) groups excluding carboxylic acids is 1. The normalized spacial score (nSPS) is 21.6. The predicted molar refractivity (Wildman–Crippen MR) is 103 cm³/mol. The Morgan fingerprint density at radius 2 is 1.97 bits per heavy atom. The largest absolute Gasteiger partial charge is 0.404 e. The van der Waals surface area contributed by atoms with Crippen molar-refractivity contribution in [1.29, 1.82) is 0 Å². The van der Waals surface area contributed by atoms with Gasteiger partial charge in [-0.1, -0.05) is 41.9 Å². The van der Waals surface area contributed by atoms with E-state index >= 15 is 0 Å². The van der Waals surface area contributed by atoms with Crippen molar-refractivity contribution in [2.45, 2.75) is 31.1 Å². The Hall–Kier alpha value is -2.39. The molecule has 1 saturated heterocycles. The van der Waals surface area contributed by atoms with E-state index in [1.165, 1.54) is 11.0 Å². The summed E-state index contributed by atoms with van der Waals surface area (Å²) in [5.41, 5.74) is 6.33. The number of carbonyl (C=O) groups is 1. The molecule has 2 heterocycles. The SMILES string of the molecule is CNc1nc(Cl)cc(C(c2ccccc2)N2CC(C(N)=O)CCC2C(F)(F)F)n1. The summed E-state index contributed by atoms with van der Waals surface area (Å²) in [7, 11) is 1.59. The molecule has 3 rings (SSSR count). The fourth-order valence-electron chi connectivity index (χ4n) is 3.72. The summed E-state index contributed by atoms with van der Waals surface area (Å²) in [6.07, 6.45) is -4.61. The van der Waals surface area contributed by atoms with E-state index < -0.39 is 30.1 Å². The first-order valence-corrected chi connectivity index (χ1v) is 9.47. The van der Waals surface area contributed by atoms with Gasteiger partial charge in [-0.25, -0.2) is 9.97 Å². The third-order valence-electron chi connectivity index (χ3n) is 5.07. The number of halogens is 4. The number of nitrogens with one attached hydrogen (secondary N) is 1. The fourth-order valence-corrected chi connectivity index (χ4v) is 3.91. The van der Waals surface area contributed by atoms with Crippen molar-refractivity contribution in [3.05, 3.63) is 52.8 Å². The molecule has 3 unspecified atom stereocenters. The van der Waals surface area contributed by atoms with Gasteiger partial charge in [-0.2, -0.15) is 13.2 Å². The fraction of sp³-hybridized carbons (Fsp3) is 0.421. The third kappa shape index (κ3) is 4.79. The molecule has 0 spiro atoms. The van der Waals surface area contributed by atoms with Crippen molar-refractivity contribution < 1.29 is 18.0 Å². The number of alkyl halides is 3. The number of anilines is 1. The van der Waals surface area contributed by atoms with Gasteiger partial charge in [-0.3, -0.25) is 9.69 Å². The lowest BCUT2D eigenvalue weighted by atomic mass is 9.88. The Morgan fingerprint density at radius 3 is 2.55 bits per heavy atom. The van der Waals surface area contributed by atoms with Crippen molar-refractivity contribution in [2.24, 2.45) is 11.7 Å². The Morgan fingerprint density at radius 1 is 1.28 bits per heavy atom. The summed E-state index contributed by atoms with van der Waals surface area (Å²) < 4.78 is 41.7. The van der Waals surface area contributed by atoms with Gasteiger partial charge in [-0.15, -0.1) is 0 Å². The van der Waals surface area contributed by atoms with E-state index in [0.29, 0.717) is 11.3 Å². The zero-order chi connectivity index (χ0) is 21.2. The molecule has 0 saturated carbocycles. The molecule has 10 heteroatoms. The van der Waals surface area contributed by atoms with Gasteiger partial charge in [-0.05, 0) is 24.5 Å². The smallest absolute Gasteiger partial charge is 0.369 e. The molecular weight excluding hydrogens is 407 g/mol. The van der Waals surface area contributed by atoms with Gasteiger partial charge in [0.2, 0.25) is 11.9 Å². The number of nitrogens with two attached hydrogens (primary N) is 1. The standard InChI is InChI=1S/C19H21ClF3N5O/c1-25-18-26-13(9-15(20)27-18)16(11-5-3-2-4-6-11)28-10-12(17(24)29)7-8-14(28)19(21,22)23/h2-6,9,12,14,16H,7-8,10H2,1H3,(H2,24,29)(H,25,26,27). The minimum absolute atomic E-state index is 0.0871. The van der Waals surface area contributed by atoms with E-state index in [1.807, 2.05) is 0 Å². The predicted octanol–water partition coefficient (Wildman–Crippen LogP) is 3.39. The van der Waals surface area contributed by atoms with Crippen molar-refractivity contribution >= 4 is 23.5 Å². The lowest BCUT2D eigenvalue weighted by molar-refractivity contribution is -0.200. The van der Waals surface area contributed by atoms with Crippen molar-refractivity contribution in [3.8, 4) is 0 Å². The van der Waals surface area contributed by atoms with Crippen molar-refractivity contribution in [2.75, 3.05) is 18.9 Å². The first kappa shape index (κ1) is 21.3. The Bertz CT molecular complexity index is 865. The number of aromatic nitrogens is 2. The summed E-state index contributed by atoms with van der Waals surface area (Å²) in [6.45, 7) is -0.129. The van der Waals surface area contributed by atoms with Crippen LogP contribution in [-0.2, 0) is 4.79 Å². The topological polar surface area (TPSA) is 84.1 Å². The molecule has 1 amide bonds. The molecule has 3 atom stereocenters. The molecule has 2 aromatic rings. The van der Waals surface area contributed by atoms with Gasteiger partial charge in [0.1, 0.15) is 11.2 Å². The van der Waals surface area contributed by atoms with Crippen LogP contribution >= 0.6 is 11.6 Å². The van der Waals surface area contributed by atoms with Crippen LogP contribution in [0.5, 0.6) is 0 Å². The van der Waals surface area contributed by atoms with E-state index in [1.54, 1.807) is 37.4 Å². The van der Waals surface area contributed by atoms with Crippen LogP contribution in [0.25, 0.3) is 0 Å². The molecule has 0 radical (unpaired) electrons. The number of amides is 1. The number of hydrogen-bond acceptors (Lipinski definition) is 5. The monoisotopic (exact) mass is 427 g/mol. The quantitative estimate of drug-likeness (QED) is 0.714. The lowest BCUT2D eigenvalue weighted by Gasteiger charge is -2.44. The average molecular weight is 428 g/mol. The Labute approximate surface area is 171 Å². The van der Waals surface area contributed by atoms with Crippen molar-refractivity contribution in [3.63, 3.8) is 0 Å². The maximum absolute atomic E-state index is 13.9. The van der Waals surface area contributed by atoms with Crippen LogP contribution in [0.2, 0.25) is 5.15 Å². The Balaban J connectivity index is 2.15.